The first-order valence-corrected chi connectivity index (χ1v) is 6.41. The second-order valence-corrected chi connectivity index (χ2v) is 5.01. The van der Waals surface area contributed by atoms with Gasteiger partial charge in [0.1, 0.15) is 0 Å². The van der Waals surface area contributed by atoms with Crippen LogP contribution in [0.1, 0.15) is 19.3 Å². The fraction of sp³-hybridized carbons (Fsp3) is 0.833. The minimum atomic E-state index is -0.805. The molecule has 0 radical (unpaired) electrons. The van der Waals surface area contributed by atoms with Crippen LogP contribution in [0.15, 0.2) is 0 Å². The van der Waals surface area contributed by atoms with Crippen molar-refractivity contribution in [3.8, 4) is 0 Å². The van der Waals surface area contributed by atoms with Crippen LogP contribution in [0.5, 0.6) is 0 Å². The molecular weight excluding hydrogens is 234 g/mol. The molecule has 1 aliphatic heterocycles. The number of carboxylic acids is 1. The molecule has 2 N–H and O–H groups in total. The van der Waals surface area contributed by atoms with Gasteiger partial charge in [0.25, 0.3) is 0 Å². The summed E-state index contributed by atoms with van der Waals surface area (Å²) in [7, 11) is 3.98. The Morgan fingerprint density at radius 3 is 2.78 bits per heavy atom. The van der Waals surface area contributed by atoms with Gasteiger partial charge in [0.2, 0.25) is 0 Å². The molecule has 1 aliphatic rings. The number of nitrogens with zero attached hydrogens (tertiary/aromatic N) is 2. The number of carbonyl (C=O) groups excluding carboxylic acids is 1. The highest BCUT2D eigenvalue weighted by molar-refractivity contribution is 5.76. The molecule has 6 nitrogen and oxygen atoms in total. The summed E-state index contributed by atoms with van der Waals surface area (Å²) in [5.74, 6) is -1.22. The third kappa shape index (κ3) is 4.91. The summed E-state index contributed by atoms with van der Waals surface area (Å²) in [6.45, 7) is 2.54. The molecule has 18 heavy (non-hydrogen) atoms. The molecular formula is C12H23N3O3. The molecule has 1 fully saturated rings. The van der Waals surface area contributed by atoms with Crippen LogP contribution in [0, 0.1) is 5.92 Å². The molecule has 0 aromatic heterocycles. The number of amides is 2. The molecule has 0 bridgehead atoms. The Kier molecular flexibility index (Phi) is 5.91. The molecule has 0 aromatic carbocycles. The van der Waals surface area contributed by atoms with Gasteiger partial charge in [-0.2, -0.15) is 0 Å². The van der Waals surface area contributed by atoms with Gasteiger partial charge >= 0.3 is 12.0 Å². The summed E-state index contributed by atoms with van der Waals surface area (Å²) in [5.41, 5.74) is 0. The lowest BCUT2D eigenvalue weighted by atomic mass is 9.99. The van der Waals surface area contributed by atoms with E-state index in [-0.39, 0.29) is 6.03 Å². The first kappa shape index (κ1) is 14.8. The predicted octanol–water partition coefficient (Wildman–Crippen LogP) is 0.444. The van der Waals surface area contributed by atoms with Crippen LogP contribution in [0.3, 0.4) is 0 Å². The monoisotopic (exact) mass is 257 g/mol. The zero-order valence-electron chi connectivity index (χ0n) is 11.2. The SMILES string of the molecule is CN(C)CCCNC(=O)N1CCCC(C(=O)O)C1. The van der Waals surface area contributed by atoms with Crippen LogP contribution < -0.4 is 5.32 Å². The molecule has 0 spiro atoms. The fourth-order valence-electron chi connectivity index (χ4n) is 2.07. The van der Waals surface area contributed by atoms with E-state index in [1.807, 2.05) is 14.1 Å². The summed E-state index contributed by atoms with van der Waals surface area (Å²) in [6.07, 6.45) is 2.33. The van der Waals surface area contributed by atoms with E-state index in [0.29, 0.717) is 26.1 Å². The van der Waals surface area contributed by atoms with E-state index in [9.17, 15) is 9.59 Å². The summed E-state index contributed by atoms with van der Waals surface area (Å²) in [5, 5.41) is 11.8. The molecule has 6 heteroatoms. The number of hydrogen-bond donors (Lipinski definition) is 2. The van der Waals surface area contributed by atoms with Gasteiger partial charge in [-0.05, 0) is 39.9 Å². The molecule has 1 heterocycles. The van der Waals surface area contributed by atoms with E-state index in [1.54, 1.807) is 4.90 Å². The van der Waals surface area contributed by atoms with Crippen molar-refractivity contribution in [2.24, 2.45) is 5.92 Å². The third-order valence-corrected chi connectivity index (χ3v) is 3.12. The smallest absolute Gasteiger partial charge is 0.317 e. The van der Waals surface area contributed by atoms with E-state index in [4.69, 9.17) is 5.11 Å². The molecule has 104 valence electrons. The van der Waals surface area contributed by atoms with Gasteiger partial charge in [0.05, 0.1) is 5.92 Å². The quantitative estimate of drug-likeness (QED) is 0.701. The Labute approximate surface area is 108 Å². The average molecular weight is 257 g/mol. The molecule has 0 aliphatic carbocycles. The summed E-state index contributed by atoms with van der Waals surface area (Å²) < 4.78 is 0. The fourth-order valence-corrected chi connectivity index (χ4v) is 2.07. The zero-order valence-corrected chi connectivity index (χ0v) is 11.2. The maximum Gasteiger partial charge on any atom is 0.317 e. The predicted molar refractivity (Wildman–Crippen MR) is 68.5 cm³/mol. The standard InChI is InChI=1S/C12H23N3O3/c1-14(2)7-4-6-13-12(18)15-8-3-5-10(9-15)11(16)17/h10H,3-9H2,1-2H3,(H,13,18)(H,16,17). The maximum atomic E-state index is 11.8. The molecule has 2 amide bonds. The van der Waals surface area contributed by atoms with Gasteiger partial charge in [-0.25, -0.2) is 4.79 Å². The number of aliphatic carboxylic acids is 1. The highest BCUT2D eigenvalue weighted by atomic mass is 16.4. The molecule has 0 saturated carbocycles. The first-order valence-electron chi connectivity index (χ1n) is 6.41. The van der Waals surface area contributed by atoms with Crippen molar-refractivity contribution in [1.29, 1.82) is 0 Å². The topological polar surface area (TPSA) is 72.9 Å². The van der Waals surface area contributed by atoms with Crippen LogP contribution in [-0.4, -0.2) is 67.2 Å². The van der Waals surface area contributed by atoms with Gasteiger partial charge in [-0.15, -0.1) is 0 Å². The Bertz CT molecular complexity index is 294. The van der Waals surface area contributed by atoms with Crippen molar-refractivity contribution in [3.05, 3.63) is 0 Å². The summed E-state index contributed by atoms with van der Waals surface area (Å²) in [4.78, 5) is 26.4. The Morgan fingerprint density at radius 2 is 2.17 bits per heavy atom. The highest BCUT2D eigenvalue weighted by Crippen LogP contribution is 2.16. The number of carbonyl (C=O) groups is 2. The largest absolute Gasteiger partial charge is 0.481 e. The highest BCUT2D eigenvalue weighted by Gasteiger charge is 2.27. The number of rotatable bonds is 5. The van der Waals surface area contributed by atoms with Crippen LogP contribution in [0.2, 0.25) is 0 Å². The van der Waals surface area contributed by atoms with Crippen molar-refractivity contribution in [3.63, 3.8) is 0 Å². The number of urea groups is 1. The van der Waals surface area contributed by atoms with Crippen molar-refractivity contribution >= 4 is 12.0 Å². The van der Waals surface area contributed by atoms with E-state index in [0.717, 1.165) is 19.4 Å². The van der Waals surface area contributed by atoms with E-state index >= 15 is 0 Å². The van der Waals surface area contributed by atoms with Gasteiger partial charge in [0.15, 0.2) is 0 Å². The van der Waals surface area contributed by atoms with Crippen LogP contribution in [0.25, 0.3) is 0 Å². The Hall–Kier alpha value is -1.30. The lowest BCUT2D eigenvalue weighted by molar-refractivity contribution is -0.143. The van der Waals surface area contributed by atoms with Gasteiger partial charge in [-0.3, -0.25) is 4.79 Å². The Morgan fingerprint density at radius 1 is 1.44 bits per heavy atom. The Balaban J connectivity index is 2.26. The van der Waals surface area contributed by atoms with Crippen molar-refractivity contribution < 1.29 is 14.7 Å². The lowest BCUT2D eigenvalue weighted by Gasteiger charge is -2.30. The van der Waals surface area contributed by atoms with Gasteiger partial charge in [0, 0.05) is 19.6 Å². The number of nitrogens with one attached hydrogen (secondary N) is 1. The first-order chi connectivity index (χ1) is 8.50. The van der Waals surface area contributed by atoms with E-state index < -0.39 is 11.9 Å². The lowest BCUT2D eigenvalue weighted by Crippen LogP contribution is -2.47. The minimum Gasteiger partial charge on any atom is -0.481 e. The van der Waals surface area contributed by atoms with Gasteiger partial charge in [-0.1, -0.05) is 0 Å². The number of piperidine rings is 1. The summed E-state index contributed by atoms with van der Waals surface area (Å²) in [6, 6.07) is -0.139. The molecule has 1 rings (SSSR count). The maximum absolute atomic E-state index is 11.8. The van der Waals surface area contributed by atoms with Crippen molar-refractivity contribution in [2.45, 2.75) is 19.3 Å². The zero-order chi connectivity index (χ0) is 13.5. The molecule has 1 saturated heterocycles. The second-order valence-electron chi connectivity index (χ2n) is 5.01. The third-order valence-electron chi connectivity index (χ3n) is 3.12. The van der Waals surface area contributed by atoms with E-state index in [1.165, 1.54) is 0 Å². The summed E-state index contributed by atoms with van der Waals surface area (Å²) >= 11 is 0. The van der Waals surface area contributed by atoms with Crippen LogP contribution >= 0.6 is 0 Å². The number of likely N-dealkylation sites (tertiary alicyclic amines) is 1. The second kappa shape index (κ2) is 7.20. The molecule has 1 unspecified atom stereocenters. The minimum absolute atomic E-state index is 0.139. The van der Waals surface area contributed by atoms with Crippen LogP contribution in [-0.2, 0) is 4.79 Å². The molecule has 1 atom stereocenters. The van der Waals surface area contributed by atoms with Crippen LogP contribution in [0.4, 0.5) is 4.79 Å². The average Bonchev–Trinajstić information content (AvgIpc) is 2.34. The van der Waals surface area contributed by atoms with Crippen molar-refractivity contribution in [1.82, 2.24) is 15.1 Å². The normalized spacial score (nSPS) is 19.9. The molecule has 0 aromatic rings. The number of hydrogen-bond acceptors (Lipinski definition) is 3. The van der Waals surface area contributed by atoms with E-state index in [2.05, 4.69) is 10.2 Å². The van der Waals surface area contributed by atoms with Gasteiger partial charge < -0.3 is 20.2 Å². The van der Waals surface area contributed by atoms with Crippen molar-refractivity contribution in [2.75, 3.05) is 40.3 Å². The number of carboxylic acid groups (broad SMARTS) is 1.